The number of carboxylic acids is 1. The van der Waals surface area contributed by atoms with Crippen molar-refractivity contribution in [2.24, 2.45) is 0 Å². The number of carbonyl (C=O) groups is 1. The van der Waals surface area contributed by atoms with Crippen molar-refractivity contribution in [2.75, 3.05) is 0 Å². The summed E-state index contributed by atoms with van der Waals surface area (Å²) < 4.78 is 27.0. The number of hydrogen-bond donors (Lipinski definition) is 3. The number of aromatic amines is 1. The fraction of sp³-hybridized carbons (Fsp3) is 0.167. The molecule has 21 heavy (non-hydrogen) atoms. The van der Waals surface area contributed by atoms with E-state index in [2.05, 4.69) is 14.7 Å². The Bertz CT molecular complexity index is 759. The molecule has 0 radical (unpaired) electrons. The van der Waals surface area contributed by atoms with Crippen LogP contribution in [0.2, 0.25) is 5.02 Å². The van der Waals surface area contributed by atoms with Crippen LogP contribution in [0.15, 0.2) is 35.5 Å². The Balaban J connectivity index is 2.35. The molecule has 1 aromatic carbocycles. The van der Waals surface area contributed by atoms with Crippen molar-refractivity contribution in [3.63, 3.8) is 0 Å². The third-order valence-corrected chi connectivity index (χ3v) is 4.75. The number of nitrogens with one attached hydrogen (secondary N) is 2. The van der Waals surface area contributed by atoms with Gasteiger partial charge < -0.3 is 10.1 Å². The van der Waals surface area contributed by atoms with E-state index in [1.807, 2.05) is 0 Å². The standard InChI is InChI=1S/C12H12ClN3O4S/c1-7(11-14-4-5-15-11)16-21(19,20)10-6-8(12(17)18)2-3-9(10)13/h2-7,16H,1H3,(H,14,15)(H,17,18). The number of halogens is 1. The molecule has 2 rings (SSSR count). The van der Waals surface area contributed by atoms with Gasteiger partial charge in [-0.3, -0.25) is 0 Å². The van der Waals surface area contributed by atoms with Crippen LogP contribution in [0.4, 0.5) is 0 Å². The third-order valence-electron chi connectivity index (χ3n) is 2.73. The van der Waals surface area contributed by atoms with Gasteiger partial charge in [0.2, 0.25) is 10.0 Å². The average Bonchev–Trinajstić information content (AvgIpc) is 2.92. The molecule has 1 atom stereocenters. The number of aromatic nitrogens is 2. The monoisotopic (exact) mass is 329 g/mol. The summed E-state index contributed by atoms with van der Waals surface area (Å²) in [4.78, 5) is 17.4. The molecule has 1 aromatic heterocycles. The van der Waals surface area contributed by atoms with Crippen LogP contribution in [0.5, 0.6) is 0 Å². The molecule has 7 nitrogen and oxygen atoms in total. The second kappa shape index (κ2) is 5.84. The van der Waals surface area contributed by atoms with E-state index >= 15 is 0 Å². The predicted octanol–water partition coefficient (Wildman–Crippen LogP) is 1.80. The summed E-state index contributed by atoms with van der Waals surface area (Å²) in [6, 6.07) is 2.87. The Labute approximate surface area is 126 Å². The number of hydrogen-bond acceptors (Lipinski definition) is 4. The number of carboxylic acid groups (broad SMARTS) is 1. The molecule has 9 heteroatoms. The minimum absolute atomic E-state index is 0.0563. The number of sulfonamides is 1. The van der Waals surface area contributed by atoms with Crippen molar-refractivity contribution in [3.8, 4) is 0 Å². The van der Waals surface area contributed by atoms with Crippen LogP contribution >= 0.6 is 11.6 Å². The second-order valence-corrected chi connectivity index (χ2v) is 6.36. The second-order valence-electron chi connectivity index (χ2n) is 4.27. The average molecular weight is 330 g/mol. The summed E-state index contributed by atoms with van der Waals surface area (Å²) in [5.74, 6) is -0.800. The topological polar surface area (TPSA) is 112 Å². The van der Waals surface area contributed by atoms with Crippen LogP contribution in [0, 0.1) is 0 Å². The summed E-state index contributed by atoms with van der Waals surface area (Å²) >= 11 is 5.86. The summed E-state index contributed by atoms with van der Waals surface area (Å²) in [7, 11) is -3.98. The molecule has 0 amide bonds. The lowest BCUT2D eigenvalue weighted by Crippen LogP contribution is -2.28. The van der Waals surface area contributed by atoms with Crippen molar-refractivity contribution < 1.29 is 18.3 Å². The Morgan fingerprint density at radius 2 is 2.19 bits per heavy atom. The zero-order chi connectivity index (χ0) is 15.6. The van der Waals surface area contributed by atoms with Gasteiger partial charge in [-0.15, -0.1) is 0 Å². The van der Waals surface area contributed by atoms with Gasteiger partial charge >= 0.3 is 5.97 Å². The molecule has 0 aliphatic rings. The van der Waals surface area contributed by atoms with Gasteiger partial charge in [0.15, 0.2) is 0 Å². The SMILES string of the molecule is CC(NS(=O)(=O)c1cc(C(=O)O)ccc1Cl)c1ncc[nH]1. The van der Waals surface area contributed by atoms with E-state index in [0.717, 1.165) is 6.07 Å². The largest absolute Gasteiger partial charge is 0.478 e. The molecule has 0 aliphatic heterocycles. The molecule has 1 heterocycles. The van der Waals surface area contributed by atoms with Crippen LogP contribution in [0.1, 0.15) is 29.1 Å². The number of nitrogens with zero attached hydrogens (tertiary/aromatic N) is 1. The maximum atomic E-state index is 12.3. The molecule has 0 saturated heterocycles. The van der Waals surface area contributed by atoms with Crippen LogP contribution in [-0.4, -0.2) is 29.5 Å². The summed E-state index contributed by atoms with van der Waals surface area (Å²) in [6.07, 6.45) is 3.07. The van der Waals surface area contributed by atoms with E-state index < -0.39 is 22.0 Å². The first-order chi connectivity index (χ1) is 9.81. The van der Waals surface area contributed by atoms with E-state index in [1.165, 1.54) is 18.3 Å². The molecule has 0 aliphatic carbocycles. The van der Waals surface area contributed by atoms with Gasteiger partial charge in [0.25, 0.3) is 0 Å². The predicted molar refractivity (Wildman–Crippen MR) is 75.7 cm³/mol. The van der Waals surface area contributed by atoms with Gasteiger partial charge in [-0.25, -0.2) is 22.9 Å². The van der Waals surface area contributed by atoms with E-state index in [0.29, 0.717) is 5.82 Å². The van der Waals surface area contributed by atoms with E-state index in [-0.39, 0.29) is 15.5 Å². The minimum Gasteiger partial charge on any atom is -0.478 e. The van der Waals surface area contributed by atoms with Crippen LogP contribution in [0.25, 0.3) is 0 Å². The van der Waals surface area contributed by atoms with Crippen LogP contribution < -0.4 is 4.72 Å². The van der Waals surface area contributed by atoms with Crippen molar-refractivity contribution >= 4 is 27.6 Å². The van der Waals surface area contributed by atoms with Crippen molar-refractivity contribution in [1.82, 2.24) is 14.7 Å². The molecule has 2 aromatic rings. The first-order valence-corrected chi connectivity index (χ1v) is 7.72. The van der Waals surface area contributed by atoms with Crippen LogP contribution in [-0.2, 0) is 10.0 Å². The van der Waals surface area contributed by atoms with Crippen molar-refractivity contribution in [1.29, 1.82) is 0 Å². The van der Waals surface area contributed by atoms with Crippen molar-refractivity contribution in [3.05, 3.63) is 47.0 Å². The number of aromatic carboxylic acids is 1. The molecule has 0 bridgehead atoms. The Kier molecular flexibility index (Phi) is 4.31. The van der Waals surface area contributed by atoms with Gasteiger partial charge in [-0.1, -0.05) is 11.6 Å². The Morgan fingerprint density at radius 1 is 1.48 bits per heavy atom. The first-order valence-electron chi connectivity index (χ1n) is 5.85. The van der Waals surface area contributed by atoms with Gasteiger partial charge in [0.05, 0.1) is 16.6 Å². The van der Waals surface area contributed by atoms with Crippen molar-refractivity contribution in [2.45, 2.75) is 17.9 Å². The Hall–Kier alpha value is -1.90. The molecule has 1 unspecified atom stereocenters. The number of benzene rings is 1. The fourth-order valence-electron chi connectivity index (χ4n) is 1.71. The van der Waals surface area contributed by atoms with E-state index in [9.17, 15) is 13.2 Å². The highest BCUT2D eigenvalue weighted by atomic mass is 35.5. The van der Waals surface area contributed by atoms with Gasteiger partial charge in [0, 0.05) is 12.4 Å². The summed E-state index contributed by atoms with van der Waals surface area (Å²) in [5, 5.41) is 8.87. The molecular weight excluding hydrogens is 318 g/mol. The lowest BCUT2D eigenvalue weighted by atomic mass is 10.2. The van der Waals surface area contributed by atoms with Crippen LogP contribution in [0.3, 0.4) is 0 Å². The lowest BCUT2D eigenvalue weighted by molar-refractivity contribution is 0.0696. The zero-order valence-electron chi connectivity index (χ0n) is 10.9. The molecular formula is C12H12ClN3O4S. The summed E-state index contributed by atoms with van der Waals surface area (Å²) in [5.41, 5.74) is -0.162. The minimum atomic E-state index is -3.98. The maximum Gasteiger partial charge on any atom is 0.335 e. The number of H-pyrrole nitrogens is 1. The van der Waals surface area contributed by atoms with Gasteiger partial charge in [0.1, 0.15) is 10.7 Å². The van der Waals surface area contributed by atoms with Gasteiger partial charge in [-0.2, -0.15) is 0 Å². The molecule has 0 fully saturated rings. The normalized spacial score (nSPS) is 13.0. The first kappa shape index (κ1) is 15.5. The highest BCUT2D eigenvalue weighted by Crippen LogP contribution is 2.24. The smallest absolute Gasteiger partial charge is 0.335 e. The van der Waals surface area contributed by atoms with E-state index in [4.69, 9.17) is 16.7 Å². The highest BCUT2D eigenvalue weighted by Gasteiger charge is 2.23. The maximum absolute atomic E-state index is 12.3. The lowest BCUT2D eigenvalue weighted by Gasteiger charge is -2.13. The zero-order valence-corrected chi connectivity index (χ0v) is 12.4. The quantitative estimate of drug-likeness (QED) is 0.774. The number of rotatable bonds is 5. The Morgan fingerprint density at radius 3 is 2.76 bits per heavy atom. The fourth-order valence-corrected chi connectivity index (χ4v) is 3.44. The molecule has 0 saturated carbocycles. The number of imidazole rings is 1. The molecule has 3 N–H and O–H groups in total. The highest BCUT2D eigenvalue weighted by molar-refractivity contribution is 7.89. The van der Waals surface area contributed by atoms with E-state index in [1.54, 1.807) is 13.1 Å². The molecule has 0 spiro atoms. The summed E-state index contributed by atoms with van der Waals surface area (Å²) in [6.45, 7) is 1.60. The molecule has 112 valence electrons. The third kappa shape index (κ3) is 3.41. The van der Waals surface area contributed by atoms with Gasteiger partial charge in [-0.05, 0) is 25.1 Å².